The molecule has 1 aromatic carbocycles. The molecule has 3 N–H and O–H groups in total. The van der Waals surface area contributed by atoms with E-state index in [0.717, 1.165) is 0 Å². The van der Waals surface area contributed by atoms with Gasteiger partial charge >= 0.3 is 0 Å². The molecule has 0 aliphatic rings. The van der Waals surface area contributed by atoms with E-state index in [9.17, 15) is 9.59 Å². The van der Waals surface area contributed by atoms with Crippen molar-refractivity contribution in [3.63, 3.8) is 0 Å². The van der Waals surface area contributed by atoms with E-state index in [4.69, 9.17) is 17.3 Å². The van der Waals surface area contributed by atoms with Crippen LogP contribution in [0, 0.1) is 6.92 Å². The summed E-state index contributed by atoms with van der Waals surface area (Å²) in [5.74, 6) is -1.25. The van der Waals surface area contributed by atoms with Gasteiger partial charge < -0.3 is 11.1 Å². The van der Waals surface area contributed by atoms with Gasteiger partial charge in [-0.15, -0.1) is 0 Å². The van der Waals surface area contributed by atoms with Crippen LogP contribution in [0.3, 0.4) is 0 Å². The van der Waals surface area contributed by atoms with Crippen LogP contribution < -0.4 is 11.1 Å². The minimum atomic E-state index is -1.41. The maximum atomic E-state index is 12.3. The van der Waals surface area contributed by atoms with Crippen molar-refractivity contribution in [1.29, 1.82) is 0 Å². The summed E-state index contributed by atoms with van der Waals surface area (Å²) in [7, 11) is 0. The Morgan fingerprint density at radius 2 is 2.00 bits per heavy atom. The molecule has 6 nitrogen and oxygen atoms in total. The third-order valence-electron chi connectivity index (χ3n) is 3.27. The summed E-state index contributed by atoms with van der Waals surface area (Å²) < 4.78 is 0. The molecule has 2 amide bonds. The first-order chi connectivity index (χ1) is 10.3. The van der Waals surface area contributed by atoms with Crippen molar-refractivity contribution in [2.24, 2.45) is 5.73 Å². The number of nitrogens with zero attached hydrogens (tertiary/aromatic N) is 2. The summed E-state index contributed by atoms with van der Waals surface area (Å²) in [6.45, 7) is 3.27. The van der Waals surface area contributed by atoms with Crippen LogP contribution in [0.5, 0.6) is 0 Å². The third kappa shape index (κ3) is 3.23. The van der Waals surface area contributed by atoms with Gasteiger partial charge in [0.25, 0.3) is 5.91 Å². The Balaban J connectivity index is 2.34. The van der Waals surface area contributed by atoms with E-state index in [1.54, 1.807) is 31.2 Å². The molecule has 7 heteroatoms. The lowest BCUT2D eigenvalue weighted by Gasteiger charge is -2.28. The summed E-state index contributed by atoms with van der Waals surface area (Å²) in [6.07, 6.45) is 2.81. The summed E-state index contributed by atoms with van der Waals surface area (Å²) in [4.78, 5) is 32.1. The van der Waals surface area contributed by atoms with E-state index >= 15 is 0 Å². The largest absolute Gasteiger partial charge is 0.367 e. The predicted molar refractivity (Wildman–Crippen MR) is 82.2 cm³/mol. The smallest absolute Gasteiger partial charge is 0.272 e. The fraction of sp³-hybridized carbons (Fsp3) is 0.200. The number of hydrogen-bond donors (Lipinski definition) is 2. The van der Waals surface area contributed by atoms with E-state index in [0.29, 0.717) is 16.3 Å². The molecule has 1 aromatic heterocycles. The number of nitrogens with one attached hydrogen (secondary N) is 1. The van der Waals surface area contributed by atoms with Crippen LogP contribution in [0.4, 0.5) is 0 Å². The van der Waals surface area contributed by atoms with E-state index in [1.165, 1.54) is 19.3 Å². The Morgan fingerprint density at radius 3 is 2.55 bits per heavy atom. The maximum absolute atomic E-state index is 12.3. The van der Waals surface area contributed by atoms with Crippen LogP contribution in [0.15, 0.2) is 36.7 Å². The average Bonchev–Trinajstić information content (AvgIpc) is 2.47. The van der Waals surface area contributed by atoms with Crippen LogP contribution in [-0.2, 0) is 10.3 Å². The molecule has 0 radical (unpaired) electrons. The van der Waals surface area contributed by atoms with Gasteiger partial charge in [0.1, 0.15) is 11.2 Å². The summed E-state index contributed by atoms with van der Waals surface area (Å²) in [5, 5.41) is 3.04. The molecule has 0 saturated carbocycles. The zero-order chi connectivity index (χ0) is 16.3. The highest BCUT2D eigenvalue weighted by Crippen LogP contribution is 2.23. The van der Waals surface area contributed by atoms with E-state index in [1.807, 2.05) is 0 Å². The molecule has 0 aliphatic carbocycles. The first-order valence-electron chi connectivity index (χ1n) is 6.50. The Labute approximate surface area is 132 Å². The molecule has 1 unspecified atom stereocenters. The third-order valence-corrected chi connectivity index (χ3v) is 3.51. The van der Waals surface area contributed by atoms with Crippen LogP contribution in [0.25, 0.3) is 0 Å². The number of halogens is 1. The monoisotopic (exact) mass is 318 g/mol. The zero-order valence-electron chi connectivity index (χ0n) is 12.1. The highest BCUT2D eigenvalue weighted by Gasteiger charge is 2.35. The average molecular weight is 319 g/mol. The van der Waals surface area contributed by atoms with Crippen molar-refractivity contribution in [2.75, 3.05) is 0 Å². The molecule has 1 atom stereocenters. The predicted octanol–water partition coefficient (Wildman–Crippen LogP) is 1.57. The number of amides is 2. The van der Waals surface area contributed by atoms with Gasteiger partial charge in [0.15, 0.2) is 0 Å². The highest BCUT2D eigenvalue weighted by molar-refractivity contribution is 6.30. The molecule has 0 bridgehead atoms. The van der Waals surface area contributed by atoms with Crippen molar-refractivity contribution >= 4 is 23.4 Å². The van der Waals surface area contributed by atoms with Crippen molar-refractivity contribution in [3.8, 4) is 0 Å². The number of carbonyl (C=O) groups excluding carboxylic acids is 2. The van der Waals surface area contributed by atoms with Crippen LogP contribution >= 0.6 is 11.6 Å². The number of hydrogen-bond acceptors (Lipinski definition) is 4. The van der Waals surface area contributed by atoms with Gasteiger partial charge in [-0.25, -0.2) is 4.98 Å². The first kappa shape index (κ1) is 15.9. The standard InChI is InChI=1S/C15H15ClN4O2/c1-9-7-19-12(8-18-9)13(21)20-15(2,14(17)22)10-4-3-5-11(16)6-10/h3-8H,1-2H3,(H2,17,22)(H,20,21). The molecule has 0 fully saturated rings. The summed E-state index contributed by atoms with van der Waals surface area (Å²) in [6, 6.07) is 6.58. The zero-order valence-corrected chi connectivity index (χ0v) is 12.9. The molecule has 22 heavy (non-hydrogen) atoms. The summed E-state index contributed by atoms with van der Waals surface area (Å²) in [5.41, 5.74) is 5.33. The topological polar surface area (TPSA) is 98.0 Å². The second-order valence-electron chi connectivity index (χ2n) is 5.00. The lowest BCUT2D eigenvalue weighted by Crippen LogP contribution is -2.52. The van der Waals surface area contributed by atoms with Crippen molar-refractivity contribution in [1.82, 2.24) is 15.3 Å². The Morgan fingerprint density at radius 1 is 1.27 bits per heavy atom. The van der Waals surface area contributed by atoms with Gasteiger partial charge in [-0.3, -0.25) is 14.6 Å². The highest BCUT2D eigenvalue weighted by atomic mass is 35.5. The van der Waals surface area contributed by atoms with Crippen LogP contribution in [0.1, 0.15) is 28.7 Å². The molecule has 2 aromatic rings. The number of aromatic nitrogens is 2. The molecule has 0 saturated heterocycles. The van der Waals surface area contributed by atoms with E-state index in [-0.39, 0.29) is 5.69 Å². The molecular formula is C15H15ClN4O2. The minimum Gasteiger partial charge on any atom is -0.367 e. The second-order valence-corrected chi connectivity index (χ2v) is 5.43. The lowest BCUT2D eigenvalue weighted by atomic mass is 9.91. The van der Waals surface area contributed by atoms with Gasteiger partial charge in [0.2, 0.25) is 5.91 Å². The first-order valence-corrected chi connectivity index (χ1v) is 6.88. The maximum Gasteiger partial charge on any atom is 0.272 e. The van der Waals surface area contributed by atoms with Gasteiger partial charge in [-0.1, -0.05) is 23.7 Å². The number of aryl methyl sites for hydroxylation is 1. The number of benzene rings is 1. The summed E-state index contributed by atoms with van der Waals surface area (Å²) >= 11 is 5.94. The van der Waals surface area contributed by atoms with Crippen LogP contribution in [-0.4, -0.2) is 21.8 Å². The van der Waals surface area contributed by atoms with Gasteiger partial charge in [-0.05, 0) is 31.5 Å². The second kappa shape index (κ2) is 6.11. The number of carbonyl (C=O) groups is 2. The SMILES string of the molecule is Cc1cnc(C(=O)NC(C)(C(N)=O)c2cccc(Cl)c2)cn1. The van der Waals surface area contributed by atoms with Crippen LogP contribution in [0.2, 0.25) is 5.02 Å². The minimum absolute atomic E-state index is 0.0973. The van der Waals surface area contributed by atoms with Crippen molar-refractivity contribution in [3.05, 3.63) is 58.6 Å². The normalized spacial score (nSPS) is 13.2. The van der Waals surface area contributed by atoms with E-state index < -0.39 is 17.4 Å². The molecular weight excluding hydrogens is 304 g/mol. The van der Waals surface area contributed by atoms with E-state index in [2.05, 4.69) is 15.3 Å². The lowest BCUT2D eigenvalue weighted by molar-refractivity contribution is -0.123. The Hall–Kier alpha value is -2.47. The number of primary amides is 1. The Kier molecular flexibility index (Phi) is 4.42. The fourth-order valence-corrected chi connectivity index (χ4v) is 2.07. The molecule has 0 aliphatic heterocycles. The molecule has 1 heterocycles. The van der Waals surface area contributed by atoms with Gasteiger partial charge in [-0.2, -0.15) is 0 Å². The molecule has 114 valence electrons. The quantitative estimate of drug-likeness (QED) is 0.894. The fourth-order valence-electron chi connectivity index (χ4n) is 1.88. The molecule has 2 rings (SSSR count). The van der Waals surface area contributed by atoms with Gasteiger partial charge in [0, 0.05) is 11.2 Å². The molecule has 0 spiro atoms. The Bertz CT molecular complexity index is 718. The number of nitrogens with two attached hydrogens (primary N) is 1. The number of rotatable bonds is 4. The van der Waals surface area contributed by atoms with Gasteiger partial charge in [0.05, 0.1) is 11.9 Å². The van der Waals surface area contributed by atoms with Crippen molar-refractivity contribution < 1.29 is 9.59 Å². The van der Waals surface area contributed by atoms with Crippen molar-refractivity contribution in [2.45, 2.75) is 19.4 Å².